The summed E-state index contributed by atoms with van der Waals surface area (Å²) in [6.45, 7) is 2.38. The number of aromatic nitrogens is 3. The lowest BCUT2D eigenvalue weighted by molar-refractivity contribution is -0.138. The maximum Gasteiger partial charge on any atom is 0.416 e. The average Bonchev–Trinajstić information content (AvgIpc) is 3.31. The average molecular weight is 521 g/mol. The van der Waals surface area contributed by atoms with Gasteiger partial charge in [-0.2, -0.15) is 28.6 Å². The molecule has 200 valence electrons. The summed E-state index contributed by atoms with van der Waals surface area (Å²) in [7, 11) is 0. The Balaban J connectivity index is 1.62. The lowest BCUT2D eigenvalue weighted by atomic mass is 9.89. The molecule has 2 heterocycles. The van der Waals surface area contributed by atoms with Crippen molar-refractivity contribution in [2.45, 2.75) is 57.5 Å². The predicted octanol–water partition coefficient (Wildman–Crippen LogP) is 3.71. The van der Waals surface area contributed by atoms with E-state index in [1.54, 1.807) is 24.3 Å². The van der Waals surface area contributed by atoms with Gasteiger partial charge in [-0.25, -0.2) is 0 Å². The fraction of sp³-hybridized carbons (Fsp3) is 0.462. The van der Waals surface area contributed by atoms with Crippen LogP contribution in [-0.2, 0) is 25.6 Å². The summed E-state index contributed by atoms with van der Waals surface area (Å²) in [4.78, 5) is 0. The molecule has 8 nitrogen and oxygen atoms in total. The van der Waals surface area contributed by atoms with Gasteiger partial charge in [-0.3, -0.25) is 5.32 Å². The molecule has 37 heavy (non-hydrogen) atoms. The van der Waals surface area contributed by atoms with Crippen LogP contribution in [0.15, 0.2) is 36.4 Å². The molecule has 1 aliphatic rings. The first-order chi connectivity index (χ1) is 17.8. The number of alkyl halides is 3. The van der Waals surface area contributed by atoms with Gasteiger partial charge in [-0.1, -0.05) is 25.1 Å². The van der Waals surface area contributed by atoms with Crippen LogP contribution in [0.5, 0.6) is 11.5 Å². The molecule has 0 radical (unpaired) electrons. The van der Waals surface area contributed by atoms with E-state index >= 15 is 0 Å². The molecule has 2 atom stereocenters. The van der Waals surface area contributed by atoms with Crippen molar-refractivity contribution < 1.29 is 32.9 Å². The van der Waals surface area contributed by atoms with Crippen LogP contribution in [0.2, 0.25) is 0 Å². The topological polar surface area (TPSA) is 113 Å². The first kappa shape index (κ1) is 26.9. The lowest BCUT2D eigenvalue weighted by Crippen LogP contribution is -2.34. The number of ether oxygens (including phenoxy) is 2. The molecule has 4 rings (SSSR count). The van der Waals surface area contributed by atoms with Gasteiger partial charge in [-0.15, -0.1) is 0 Å². The zero-order valence-electron chi connectivity index (χ0n) is 20.5. The molecular weight excluding hydrogens is 489 g/mol. The van der Waals surface area contributed by atoms with Crippen LogP contribution in [0.4, 0.5) is 13.2 Å². The molecule has 11 heteroatoms. The van der Waals surface area contributed by atoms with Crippen LogP contribution in [0.3, 0.4) is 0 Å². The highest BCUT2D eigenvalue weighted by molar-refractivity contribution is 5.46. The third kappa shape index (κ3) is 6.60. The van der Waals surface area contributed by atoms with E-state index in [0.717, 1.165) is 29.4 Å². The van der Waals surface area contributed by atoms with E-state index in [0.29, 0.717) is 43.1 Å². The van der Waals surface area contributed by atoms with E-state index in [4.69, 9.17) is 14.6 Å². The third-order valence-corrected chi connectivity index (χ3v) is 6.28. The molecule has 0 spiro atoms. The van der Waals surface area contributed by atoms with E-state index in [1.807, 2.05) is 6.92 Å². The van der Waals surface area contributed by atoms with Gasteiger partial charge in [0.1, 0.15) is 12.8 Å². The van der Waals surface area contributed by atoms with Crippen LogP contribution in [0.25, 0.3) is 0 Å². The Hall–Kier alpha value is -3.15. The number of aliphatic hydroxyl groups is 2. The summed E-state index contributed by atoms with van der Waals surface area (Å²) in [5.74, 6) is 0.444. The summed E-state index contributed by atoms with van der Waals surface area (Å²) < 4.78 is 52.9. The van der Waals surface area contributed by atoms with Gasteiger partial charge in [-0.05, 0) is 48.6 Å². The summed E-state index contributed by atoms with van der Waals surface area (Å²) in [5.41, 5.74) is 1.97. The summed E-state index contributed by atoms with van der Waals surface area (Å²) in [5, 5.41) is 33.8. The van der Waals surface area contributed by atoms with Gasteiger partial charge in [0.25, 0.3) is 0 Å². The van der Waals surface area contributed by atoms with Crippen molar-refractivity contribution in [3.63, 3.8) is 0 Å². The Morgan fingerprint density at radius 2 is 1.92 bits per heavy atom. The molecule has 0 saturated heterocycles. The van der Waals surface area contributed by atoms with E-state index in [2.05, 4.69) is 20.7 Å². The second kappa shape index (κ2) is 11.9. The van der Waals surface area contributed by atoms with Crippen LogP contribution in [-0.4, -0.2) is 51.6 Å². The maximum atomic E-state index is 13.7. The van der Waals surface area contributed by atoms with Crippen molar-refractivity contribution in [2.24, 2.45) is 0 Å². The standard InChI is InChI=1S/C26H31F3N4O4/c1-2-11-36-23-13-17(19-14-24(35)30-9-7-21-25(19)32-33-31-21)5-6-22(23)37-15-18-4-3-16(8-10-34)12-20(18)26(27,28)29/h3-6,12-13,19,24,30,34-35H,2,7-11,14-15H2,1H3,(H,31,32,33). The van der Waals surface area contributed by atoms with Gasteiger partial charge in [0.2, 0.25) is 0 Å². The summed E-state index contributed by atoms with van der Waals surface area (Å²) >= 11 is 0. The molecule has 0 bridgehead atoms. The first-order valence-corrected chi connectivity index (χ1v) is 12.3. The number of fused-ring (bicyclic) bond motifs is 1. The van der Waals surface area contributed by atoms with Gasteiger partial charge >= 0.3 is 6.18 Å². The second-order valence-corrected chi connectivity index (χ2v) is 8.97. The van der Waals surface area contributed by atoms with Crippen molar-refractivity contribution in [2.75, 3.05) is 19.8 Å². The number of nitrogens with one attached hydrogen (secondary N) is 2. The van der Waals surface area contributed by atoms with Gasteiger partial charge in [0.15, 0.2) is 11.5 Å². The Bertz CT molecular complexity index is 1180. The molecule has 1 aliphatic heterocycles. The molecule has 1 aromatic heterocycles. The lowest BCUT2D eigenvalue weighted by Gasteiger charge is -2.24. The highest BCUT2D eigenvalue weighted by atomic mass is 19.4. The number of benzene rings is 2. The molecule has 0 saturated carbocycles. The van der Waals surface area contributed by atoms with Crippen molar-refractivity contribution in [1.82, 2.24) is 20.7 Å². The van der Waals surface area contributed by atoms with Crippen LogP contribution in [0.1, 0.15) is 59.3 Å². The van der Waals surface area contributed by atoms with Crippen molar-refractivity contribution >= 4 is 0 Å². The highest BCUT2D eigenvalue weighted by Gasteiger charge is 2.34. The normalized spacial score (nSPS) is 18.1. The minimum atomic E-state index is -4.56. The highest BCUT2D eigenvalue weighted by Crippen LogP contribution is 2.38. The monoisotopic (exact) mass is 520 g/mol. The molecule has 2 aromatic carbocycles. The SMILES string of the molecule is CCCOc1cc(C2CC(O)NCCc3n[nH]nc32)ccc1OCc1ccc(CCO)cc1C(F)(F)F. The number of nitrogens with zero attached hydrogens (tertiary/aromatic N) is 2. The van der Waals surface area contributed by atoms with Crippen molar-refractivity contribution in [3.05, 3.63) is 70.0 Å². The van der Waals surface area contributed by atoms with Crippen molar-refractivity contribution in [1.29, 1.82) is 0 Å². The Labute approximate surface area is 212 Å². The number of halogens is 3. The van der Waals surface area contributed by atoms with E-state index in [9.17, 15) is 18.3 Å². The number of rotatable bonds is 9. The van der Waals surface area contributed by atoms with E-state index in [1.165, 1.54) is 6.07 Å². The number of aliphatic hydroxyl groups excluding tert-OH is 2. The molecule has 0 fully saturated rings. The molecule has 0 amide bonds. The summed E-state index contributed by atoms with van der Waals surface area (Å²) in [6.07, 6.45) is -3.45. The third-order valence-electron chi connectivity index (χ3n) is 6.28. The predicted molar refractivity (Wildman–Crippen MR) is 129 cm³/mol. The van der Waals surface area contributed by atoms with E-state index in [-0.39, 0.29) is 31.1 Å². The molecule has 0 aliphatic carbocycles. The van der Waals surface area contributed by atoms with E-state index < -0.39 is 18.0 Å². The van der Waals surface area contributed by atoms with Gasteiger partial charge in [0.05, 0.1) is 23.6 Å². The smallest absolute Gasteiger partial charge is 0.416 e. The van der Waals surface area contributed by atoms with Crippen LogP contribution < -0.4 is 14.8 Å². The Morgan fingerprint density at radius 1 is 1.08 bits per heavy atom. The molecule has 2 unspecified atom stereocenters. The van der Waals surface area contributed by atoms with Gasteiger partial charge in [0, 0.05) is 31.1 Å². The zero-order valence-corrected chi connectivity index (χ0v) is 20.5. The fourth-order valence-electron chi connectivity index (χ4n) is 4.43. The zero-order chi connectivity index (χ0) is 26.4. The number of hydrogen-bond donors (Lipinski definition) is 4. The van der Waals surface area contributed by atoms with Crippen LogP contribution >= 0.6 is 0 Å². The quantitative estimate of drug-likeness (QED) is 0.340. The van der Waals surface area contributed by atoms with Crippen molar-refractivity contribution in [3.8, 4) is 11.5 Å². The fourth-order valence-corrected chi connectivity index (χ4v) is 4.43. The number of aromatic amines is 1. The summed E-state index contributed by atoms with van der Waals surface area (Å²) in [6, 6.07) is 9.26. The number of hydrogen-bond acceptors (Lipinski definition) is 7. The van der Waals surface area contributed by atoms with Gasteiger partial charge < -0.3 is 19.7 Å². The maximum absolute atomic E-state index is 13.7. The molecule has 3 aromatic rings. The van der Waals surface area contributed by atoms with Crippen LogP contribution in [0, 0.1) is 0 Å². The molecular formula is C26H31F3N4O4. The Kier molecular flexibility index (Phi) is 8.67. The number of H-pyrrole nitrogens is 1. The first-order valence-electron chi connectivity index (χ1n) is 12.3. The Morgan fingerprint density at radius 3 is 2.68 bits per heavy atom. The minimum Gasteiger partial charge on any atom is -0.490 e. The largest absolute Gasteiger partial charge is 0.490 e. The molecule has 4 N–H and O–H groups in total. The second-order valence-electron chi connectivity index (χ2n) is 8.97. The minimum absolute atomic E-state index is 0.0128.